The first-order chi connectivity index (χ1) is 15.7. The van der Waals surface area contributed by atoms with Crippen LogP contribution in [0, 0.1) is 0 Å². The monoisotopic (exact) mass is 433 g/mol. The van der Waals surface area contributed by atoms with Crippen molar-refractivity contribution in [3.05, 3.63) is 66.2 Å². The second-order valence-corrected chi connectivity index (χ2v) is 7.88. The molecule has 1 heterocycles. The van der Waals surface area contributed by atoms with Gasteiger partial charge in [-0.1, -0.05) is 30.3 Å². The Kier molecular flexibility index (Phi) is 7.12. The summed E-state index contributed by atoms with van der Waals surface area (Å²) in [4.78, 5) is 17.8. The Morgan fingerprint density at radius 3 is 2.44 bits per heavy atom. The molecule has 3 aromatic carbocycles. The number of amides is 1. The van der Waals surface area contributed by atoms with E-state index in [1.807, 2.05) is 55.5 Å². The minimum absolute atomic E-state index is 0.0814. The lowest BCUT2D eigenvalue weighted by molar-refractivity contribution is 0.0946. The van der Waals surface area contributed by atoms with Gasteiger partial charge in [0, 0.05) is 45.0 Å². The summed E-state index contributed by atoms with van der Waals surface area (Å²) >= 11 is 0. The molecule has 0 bridgehead atoms. The van der Waals surface area contributed by atoms with Gasteiger partial charge in [0.2, 0.25) is 0 Å². The van der Waals surface area contributed by atoms with Crippen molar-refractivity contribution in [1.29, 1.82) is 0 Å². The predicted molar refractivity (Wildman–Crippen MR) is 129 cm³/mol. The molecule has 32 heavy (non-hydrogen) atoms. The average molecular weight is 434 g/mol. The predicted octanol–water partition coefficient (Wildman–Crippen LogP) is 3.80. The lowest BCUT2D eigenvalue weighted by atomic mass is 10.0. The van der Waals surface area contributed by atoms with Crippen LogP contribution in [0.2, 0.25) is 0 Å². The van der Waals surface area contributed by atoms with Crippen LogP contribution in [0.4, 0.5) is 5.69 Å². The molecule has 6 nitrogen and oxygen atoms in total. The molecule has 1 aliphatic rings. The Hall–Kier alpha value is -3.25. The van der Waals surface area contributed by atoms with Gasteiger partial charge in [0.25, 0.3) is 5.91 Å². The molecule has 1 aliphatic heterocycles. The fourth-order valence-corrected chi connectivity index (χ4v) is 4.20. The van der Waals surface area contributed by atoms with Gasteiger partial charge in [-0.05, 0) is 48.0 Å². The van der Waals surface area contributed by atoms with Crippen molar-refractivity contribution in [3.63, 3.8) is 0 Å². The van der Waals surface area contributed by atoms with Crippen LogP contribution >= 0.6 is 0 Å². The van der Waals surface area contributed by atoms with Crippen LogP contribution in [0.25, 0.3) is 10.8 Å². The van der Waals surface area contributed by atoms with Gasteiger partial charge in [-0.25, -0.2) is 0 Å². The number of methoxy groups -OCH3 is 1. The second kappa shape index (κ2) is 10.4. The van der Waals surface area contributed by atoms with Crippen molar-refractivity contribution in [1.82, 2.24) is 10.2 Å². The Bertz CT molecular complexity index is 1040. The van der Waals surface area contributed by atoms with Gasteiger partial charge >= 0.3 is 0 Å². The third kappa shape index (κ3) is 4.97. The Labute approximate surface area is 189 Å². The first-order valence-corrected chi connectivity index (χ1v) is 11.2. The maximum Gasteiger partial charge on any atom is 0.255 e. The largest absolute Gasteiger partial charge is 0.497 e. The number of fused-ring (bicyclic) bond motifs is 1. The molecular formula is C26H31N3O3. The molecule has 6 heteroatoms. The number of ether oxygens (including phenoxy) is 2. The molecule has 1 saturated heterocycles. The van der Waals surface area contributed by atoms with Crippen LogP contribution in [0.5, 0.6) is 11.5 Å². The minimum Gasteiger partial charge on any atom is -0.497 e. The molecule has 4 rings (SSSR count). The molecule has 168 valence electrons. The van der Waals surface area contributed by atoms with Gasteiger partial charge in [-0.2, -0.15) is 0 Å². The molecule has 1 fully saturated rings. The van der Waals surface area contributed by atoms with E-state index in [-0.39, 0.29) is 5.91 Å². The van der Waals surface area contributed by atoms with E-state index < -0.39 is 0 Å². The van der Waals surface area contributed by atoms with Gasteiger partial charge in [-0.15, -0.1) is 0 Å². The molecule has 0 aromatic heterocycles. The fourth-order valence-electron chi connectivity index (χ4n) is 4.20. The lowest BCUT2D eigenvalue weighted by Gasteiger charge is -2.36. The molecule has 3 aromatic rings. The van der Waals surface area contributed by atoms with E-state index in [9.17, 15) is 4.79 Å². The van der Waals surface area contributed by atoms with E-state index in [0.29, 0.717) is 24.5 Å². The Morgan fingerprint density at radius 2 is 1.72 bits per heavy atom. The smallest absolute Gasteiger partial charge is 0.255 e. The van der Waals surface area contributed by atoms with Gasteiger partial charge < -0.3 is 19.7 Å². The second-order valence-electron chi connectivity index (χ2n) is 7.88. The molecule has 0 saturated carbocycles. The summed E-state index contributed by atoms with van der Waals surface area (Å²) in [6.45, 7) is 7.78. The normalized spacial score (nSPS) is 14.4. The average Bonchev–Trinajstić information content (AvgIpc) is 2.84. The summed E-state index contributed by atoms with van der Waals surface area (Å²) < 4.78 is 11.0. The minimum atomic E-state index is -0.0814. The van der Waals surface area contributed by atoms with Crippen molar-refractivity contribution in [2.45, 2.75) is 6.92 Å². The molecule has 0 atom stereocenters. The molecule has 0 spiro atoms. The maximum absolute atomic E-state index is 13.1. The number of hydrogen-bond acceptors (Lipinski definition) is 5. The van der Waals surface area contributed by atoms with Gasteiger partial charge in [-0.3, -0.25) is 9.69 Å². The van der Waals surface area contributed by atoms with E-state index >= 15 is 0 Å². The van der Waals surface area contributed by atoms with E-state index in [4.69, 9.17) is 9.47 Å². The summed E-state index contributed by atoms with van der Waals surface area (Å²) in [5.41, 5.74) is 1.84. The van der Waals surface area contributed by atoms with Crippen molar-refractivity contribution < 1.29 is 14.3 Å². The molecule has 0 unspecified atom stereocenters. The zero-order chi connectivity index (χ0) is 22.3. The summed E-state index contributed by atoms with van der Waals surface area (Å²) in [6.07, 6.45) is 0. The molecule has 0 radical (unpaired) electrons. The van der Waals surface area contributed by atoms with Gasteiger partial charge in [0.15, 0.2) is 0 Å². The van der Waals surface area contributed by atoms with E-state index in [1.165, 1.54) is 5.69 Å². The van der Waals surface area contributed by atoms with Crippen LogP contribution in [0.3, 0.4) is 0 Å². The van der Waals surface area contributed by atoms with E-state index in [1.54, 1.807) is 7.11 Å². The lowest BCUT2D eigenvalue weighted by Crippen LogP contribution is -2.48. The summed E-state index contributed by atoms with van der Waals surface area (Å²) in [7, 11) is 1.68. The zero-order valence-electron chi connectivity index (χ0n) is 18.8. The van der Waals surface area contributed by atoms with Crippen LogP contribution < -0.4 is 19.7 Å². The highest BCUT2D eigenvalue weighted by molar-refractivity contribution is 6.09. The van der Waals surface area contributed by atoms with Crippen LogP contribution in [0.1, 0.15) is 17.3 Å². The molecule has 0 aliphatic carbocycles. The standard InChI is InChI=1S/C26H31N3O3/c1-3-32-24-13-8-20-6-4-5-7-23(20)25(24)26(30)27-14-15-28-16-18-29(19-17-28)21-9-11-22(31-2)12-10-21/h4-13H,3,14-19H2,1-2H3,(H,27,30). The van der Waals surface area contributed by atoms with Crippen LogP contribution in [-0.4, -0.2) is 63.8 Å². The number of carbonyl (C=O) groups excluding carboxylic acids is 1. The molecule has 1 amide bonds. The van der Waals surface area contributed by atoms with Crippen molar-refractivity contribution >= 4 is 22.4 Å². The van der Waals surface area contributed by atoms with Gasteiger partial charge in [0.05, 0.1) is 19.3 Å². The maximum atomic E-state index is 13.1. The summed E-state index contributed by atoms with van der Waals surface area (Å²) in [6, 6.07) is 20.0. The first kappa shape index (κ1) is 22.0. The number of anilines is 1. The highest BCUT2D eigenvalue weighted by Crippen LogP contribution is 2.28. The number of benzene rings is 3. The topological polar surface area (TPSA) is 54.0 Å². The first-order valence-electron chi connectivity index (χ1n) is 11.2. The highest BCUT2D eigenvalue weighted by Gasteiger charge is 2.19. The van der Waals surface area contributed by atoms with Crippen molar-refractivity contribution in [3.8, 4) is 11.5 Å². The Balaban J connectivity index is 1.31. The number of nitrogens with zero attached hydrogens (tertiary/aromatic N) is 2. The highest BCUT2D eigenvalue weighted by atomic mass is 16.5. The zero-order valence-corrected chi connectivity index (χ0v) is 18.8. The third-order valence-electron chi connectivity index (χ3n) is 5.94. The fraction of sp³-hybridized carbons (Fsp3) is 0.346. The van der Waals surface area contributed by atoms with E-state index in [2.05, 4.69) is 27.2 Å². The quantitative estimate of drug-likeness (QED) is 0.586. The number of piperazine rings is 1. The van der Waals surface area contributed by atoms with Crippen LogP contribution in [-0.2, 0) is 0 Å². The molecular weight excluding hydrogens is 402 g/mol. The number of carbonyl (C=O) groups is 1. The molecule has 1 N–H and O–H groups in total. The number of hydrogen-bond donors (Lipinski definition) is 1. The number of rotatable bonds is 8. The summed E-state index contributed by atoms with van der Waals surface area (Å²) in [5.74, 6) is 1.43. The summed E-state index contributed by atoms with van der Waals surface area (Å²) in [5, 5.41) is 5.06. The SMILES string of the molecule is CCOc1ccc2ccccc2c1C(=O)NCCN1CCN(c2ccc(OC)cc2)CC1. The number of nitrogens with one attached hydrogen (secondary N) is 1. The third-order valence-corrected chi connectivity index (χ3v) is 5.94. The van der Waals surface area contributed by atoms with Crippen LogP contribution in [0.15, 0.2) is 60.7 Å². The Morgan fingerprint density at radius 1 is 0.969 bits per heavy atom. The van der Waals surface area contributed by atoms with E-state index in [0.717, 1.165) is 49.2 Å². The van der Waals surface area contributed by atoms with Crippen molar-refractivity contribution in [2.75, 3.05) is 57.9 Å². The van der Waals surface area contributed by atoms with Gasteiger partial charge in [0.1, 0.15) is 11.5 Å². The van der Waals surface area contributed by atoms with Crippen molar-refractivity contribution in [2.24, 2.45) is 0 Å².